The standard InChI is InChI=1S/C17H21NO2S/c1-12(19)17-15(6-3-7-16(17)20-2)18(13-8-9-13)11-14-5-4-10-21-14/h3-7,10,12-13,19H,8-9,11H2,1-2H3/t12-/m1/s1. The largest absolute Gasteiger partial charge is 0.496 e. The highest BCUT2D eigenvalue weighted by Crippen LogP contribution is 2.40. The van der Waals surface area contributed by atoms with E-state index in [1.54, 1.807) is 25.4 Å². The molecule has 1 saturated carbocycles. The lowest BCUT2D eigenvalue weighted by Crippen LogP contribution is -2.26. The zero-order valence-corrected chi connectivity index (χ0v) is 13.3. The summed E-state index contributed by atoms with van der Waals surface area (Å²) in [5, 5.41) is 12.3. The van der Waals surface area contributed by atoms with Crippen LogP contribution in [0.5, 0.6) is 5.75 Å². The molecule has 0 saturated heterocycles. The number of hydrogen-bond acceptors (Lipinski definition) is 4. The van der Waals surface area contributed by atoms with Crippen LogP contribution in [0.15, 0.2) is 35.7 Å². The first-order valence-electron chi connectivity index (χ1n) is 7.34. The van der Waals surface area contributed by atoms with Crippen LogP contribution in [0.25, 0.3) is 0 Å². The van der Waals surface area contributed by atoms with Crippen molar-refractivity contribution in [2.24, 2.45) is 0 Å². The van der Waals surface area contributed by atoms with Gasteiger partial charge in [-0.3, -0.25) is 0 Å². The Labute approximate surface area is 129 Å². The highest BCUT2D eigenvalue weighted by Gasteiger charge is 2.32. The van der Waals surface area contributed by atoms with Crippen LogP contribution in [-0.4, -0.2) is 18.3 Å². The van der Waals surface area contributed by atoms with Gasteiger partial charge in [0.15, 0.2) is 0 Å². The van der Waals surface area contributed by atoms with Gasteiger partial charge in [0.25, 0.3) is 0 Å². The summed E-state index contributed by atoms with van der Waals surface area (Å²) in [4.78, 5) is 3.76. The fourth-order valence-electron chi connectivity index (χ4n) is 2.75. The monoisotopic (exact) mass is 303 g/mol. The van der Waals surface area contributed by atoms with Crippen LogP contribution in [-0.2, 0) is 6.54 Å². The van der Waals surface area contributed by atoms with E-state index in [1.807, 2.05) is 12.1 Å². The fourth-order valence-corrected chi connectivity index (χ4v) is 3.45. The van der Waals surface area contributed by atoms with Crippen LogP contribution >= 0.6 is 11.3 Å². The van der Waals surface area contributed by atoms with E-state index in [0.29, 0.717) is 6.04 Å². The first-order chi connectivity index (χ1) is 10.2. The maximum Gasteiger partial charge on any atom is 0.126 e. The van der Waals surface area contributed by atoms with Crippen molar-refractivity contribution < 1.29 is 9.84 Å². The summed E-state index contributed by atoms with van der Waals surface area (Å²) in [7, 11) is 1.66. The molecule has 1 fully saturated rings. The van der Waals surface area contributed by atoms with Gasteiger partial charge in [0.05, 0.1) is 19.8 Å². The lowest BCUT2D eigenvalue weighted by atomic mass is 10.1. The van der Waals surface area contributed by atoms with Crippen LogP contribution in [0.1, 0.15) is 36.3 Å². The number of hydrogen-bond donors (Lipinski definition) is 1. The summed E-state index contributed by atoms with van der Waals surface area (Å²) >= 11 is 1.78. The molecule has 0 aliphatic heterocycles. The molecule has 0 spiro atoms. The van der Waals surface area contributed by atoms with Crippen LogP contribution in [0.3, 0.4) is 0 Å². The molecule has 1 aliphatic rings. The molecule has 1 aromatic heterocycles. The van der Waals surface area contributed by atoms with Gasteiger partial charge >= 0.3 is 0 Å². The van der Waals surface area contributed by atoms with Crippen molar-refractivity contribution in [3.05, 3.63) is 46.2 Å². The van der Waals surface area contributed by atoms with E-state index in [2.05, 4.69) is 28.5 Å². The third kappa shape index (κ3) is 3.06. The number of aliphatic hydroxyl groups excluding tert-OH is 1. The number of benzene rings is 1. The molecule has 1 N–H and O–H groups in total. The van der Waals surface area contributed by atoms with Crippen LogP contribution in [0, 0.1) is 0 Å². The van der Waals surface area contributed by atoms with E-state index >= 15 is 0 Å². The number of aliphatic hydroxyl groups is 1. The fraction of sp³-hybridized carbons (Fsp3) is 0.412. The van der Waals surface area contributed by atoms with Crippen LogP contribution in [0.4, 0.5) is 5.69 Å². The van der Waals surface area contributed by atoms with Gasteiger partial charge in [0.2, 0.25) is 0 Å². The van der Waals surface area contributed by atoms with Crippen molar-refractivity contribution in [1.29, 1.82) is 0 Å². The van der Waals surface area contributed by atoms with Gasteiger partial charge in [0, 0.05) is 22.2 Å². The number of thiophene rings is 1. The topological polar surface area (TPSA) is 32.7 Å². The first-order valence-corrected chi connectivity index (χ1v) is 8.22. The van der Waals surface area contributed by atoms with E-state index in [1.165, 1.54) is 17.7 Å². The van der Waals surface area contributed by atoms with E-state index in [9.17, 15) is 5.11 Å². The highest BCUT2D eigenvalue weighted by molar-refractivity contribution is 7.09. The number of methoxy groups -OCH3 is 1. The van der Waals surface area contributed by atoms with Gasteiger partial charge in [0.1, 0.15) is 5.75 Å². The molecule has 0 unspecified atom stereocenters. The first kappa shape index (κ1) is 14.4. The van der Waals surface area contributed by atoms with Crippen molar-refractivity contribution in [3.63, 3.8) is 0 Å². The predicted molar refractivity (Wildman–Crippen MR) is 87.2 cm³/mol. The summed E-state index contributed by atoms with van der Waals surface area (Å²) in [6.07, 6.45) is 1.91. The lowest BCUT2D eigenvalue weighted by molar-refractivity contribution is 0.194. The Kier molecular flexibility index (Phi) is 4.17. The molecule has 2 aromatic rings. The third-order valence-electron chi connectivity index (χ3n) is 3.88. The van der Waals surface area contributed by atoms with E-state index in [0.717, 1.165) is 23.5 Å². The van der Waals surface area contributed by atoms with Crippen LogP contribution < -0.4 is 9.64 Å². The molecule has 112 valence electrons. The number of rotatable bonds is 6. The van der Waals surface area contributed by atoms with Crippen molar-refractivity contribution in [2.75, 3.05) is 12.0 Å². The van der Waals surface area contributed by atoms with E-state index in [4.69, 9.17) is 4.74 Å². The van der Waals surface area contributed by atoms with E-state index in [-0.39, 0.29) is 0 Å². The Balaban J connectivity index is 1.99. The zero-order valence-electron chi connectivity index (χ0n) is 12.5. The van der Waals surface area contributed by atoms with Gasteiger partial charge in [-0.25, -0.2) is 0 Å². The maximum atomic E-state index is 10.2. The van der Waals surface area contributed by atoms with Gasteiger partial charge in [-0.2, -0.15) is 0 Å². The molecule has 3 rings (SSSR count). The molecule has 1 atom stereocenters. The molecule has 4 heteroatoms. The lowest BCUT2D eigenvalue weighted by Gasteiger charge is -2.28. The van der Waals surface area contributed by atoms with Gasteiger partial charge < -0.3 is 14.7 Å². The maximum absolute atomic E-state index is 10.2. The second kappa shape index (κ2) is 6.08. The molecule has 1 heterocycles. The molecule has 21 heavy (non-hydrogen) atoms. The zero-order chi connectivity index (χ0) is 14.8. The molecule has 0 bridgehead atoms. The van der Waals surface area contributed by atoms with E-state index < -0.39 is 6.10 Å². The molecule has 1 aromatic carbocycles. The predicted octanol–water partition coefficient (Wildman–Crippen LogP) is 3.98. The SMILES string of the molecule is COc1cccc(N(Cc2cccs2)C2CC2)c1[C@@H](C)O. The minimum atomic E-state index is -0.541. The average molecular weight is 303 g/mol. The Morgan fingerprint density at radius 2 is 2.14 bits per heavy atom. The minimum absolute atomic E-state index is 0.541. The summed E-state index contributed by atoms with van der Waals surface area (Å²) in [6.45, 7) is 2.70. The normalized spacial score (nSPS) is 15.8. The van der Waals surface area contributed by atoms with Crippen molar-refractivity contribution >= 4 is 17.0 Å². The van der Waals surface area contributed by atoms with Crippen molar-refractivity contribution in [2.45, 2.75) is 38.5 Å². The Bertz CT molecular complexity index is 591. The molecule has 3 nitrogen and oxygen atoms in total. The molecule has 0 radical (unpaired) electrons. The second-order valence-electron chi connectivity index (χ2n) is 5.51. The average Bonchev–Trinajstić information content (AvgIpc) is 3.20. The summed E-state index contributed by atoms with van der Waals surface area (Å²) in [5.41, 5.74) is 1.99. The molecular formula is C17H21NO2S. The smallest absolute Gasteiger partial charge is 0.126 e. The van der Waals surface area contributed by atoms with Gasteiger partial charge in [-0.15, -0.1) is 11.3 Å². The second-order valence-corrected chi connectivity index (χ2v) is 6.54. The molecule has 0 amide bonds. The quantitative estimate of drug-likeness (QED) is 0.876. The van der Waals surface area contributed by atoms with Gasteiger partial charge in [-0.1, -0.05) is 12.1 Å². The Morgan fingerprint density at radius 1 is 1.33 bits per heavy atom. The molecular weight excluding hydrogens is 282 g/mol. The number of ether oxygens (including phenoxy) is 1. The number of anilines is 1. The van der Waals surface area contributed by atoms with Crippen molar-refractivity contribution in [3.8, 4) is 5.75 Å². The highest BCUT2D eigenvalue weighted by atomic mass is 32.1. The Morgan fingerprint density at radius 3 is 2.71 bits per heavy atom. The molecule has 1 aliphatic carbocycles. The third-order valence-corrected chi connectivity index (χ3v) is 4.75. The van der Waals surface area contributed by atoms with Crippen molar-refractivity contribution in [1.82, 2.24) is 0 Å². The Hall–Kier alpha value is -1.52. The van der Waals surface area contributed by atoms with Gasteiger partial charge in [-0.05, 0) is 43.3 Å². The summed E-state index contributed by atoms with van der Waals surface area (Å²) in [5.74, 6) is 0.763. The minimum Gasteiger partial charge on any atom is -0.496 e. The summed E-state index contributed by atoms with van der Waals surface area (Å²) in [6, 6.07) is 10.9. The number of nitrogens with zero attached hydrogens (tertiary/aromatic N) is 1. The summed E-state index contributed by atoms with van der Waals surface area (Å²) < 4.78 is 5.45. The van der Waals surface area contributed by atoms with Crippen LogP contribution in [0.2, 0.25) is 0 Å².